The van der Waals surface area contributed by atoms with Crippen LogP contribution in [-0.4, -0.2) is 4.98 Å². The summed E-state index contributed by atoms with van der Waals surface area (Å²) in [6.07, 6.45) is 1.97. The molecule has 3 heteroatoms. The van der Waals surface area contributed by atoms with Gasteiger partial charge in [-0.2, -0.15) is 0 Å². The van der Waals surface area contributed by atoms with Gasteiger partial charge in [-0.25, -0.2) is 0 Å². The molecule has 2 aromatic heterocycles. The Bertz CT molecular complexity index is 728. The number of thiophene rings is 1. The Morgan fingerprint density at radius 1 is 1.00 bits per heavy atom. The molecule has 2 heterocycles. The van der Waals surface area contributed by atoms with E-state index in [1.165, 1.54) is 15.8 Å². The molecule has 108 valence electrons. The molecule has 0 aliphatic rings. The maximum Gasteiger partial charge on any atom is 0.0809 e. The number of nitrogens with one attached hydrogen (secondary N) is 1. The Kier molecular flexibility index (Phi) is 3.93. The summed E-state index contributed by atoms with van der Waals surface area (Å²) in [5.41, 5.74) is 4.82. The first-order chi connectivity index (χ1) is 10.1. The third-order valence-electron chi connectivity index (χ3n) is 3.78. The molecule has 1 atom stereocenters. The normalized spacial score (nSPS) is 12.8. The summed E-state index contributed by atoms with van der Waals surface area (Å²) in [4.78, 5) is 4.51. The van der Waals surface area contributed by atoms with Gasteiger partial charge in [-0.15, -0.1) is 11.3 Å². The molecule has 0 bridgehead atoms. The van der Waals surface area contributed by atoms with E-state index in [0.717, 1.165) is 11.2 Å². The van der Waals surface area contributed by atoms with Crippen LogP contribution < -0.4 is 5.32 Å². The highest BCUT2D eigenvalue weighted by atomic mass is 32.1. The van der Waals surface area contributed by atoms with E-state index >= 15 is 0 Å². The van der Waals surface area contributed by atoms with Crippen LogP contribution in [0.5, 0.6) is 0 Å². The van der Waals surface area contributed by atoms with Crippen LogP contribution in [0, 0.1) is 0 Å². The van der Waals surface area contributed by atoms with Gasteiger partial charge in [-0.3, -0.25) is 4.98 Å². The van der Waals surface area contributed by atoms with Crippen LogP contribution in [0.2, 0.25) is 0 Å². The number of nitrogens with zero attached hydrogens (tertiary/aromatic N) is 1. The molecule has 21 heavy (non-hydrogen) atoms. The number of rotatable bonds is 4. The van der Waals surface area contributed by atoms with Crippen molar-refractivity contribution in [2.75, 3.05) is 5.32 Å². The number of benzene rings is 1. The summed E-state index contributed by atoms with van der Waals surface area (Å²) in [5.74, 6) is 0.571. The van der Waals surface area contributed by atoms with Crippen molar-refractivity contribution in [3.63, 3.8) is 0 Å². The maximum atomic E-state index is 4.51. The first-order valence-electron chi connectivity index (χ1n) is 7.33. The van der Waals surface area contributed by atoms with E-state index in [0.29, 0.717) is 5.92 Å². The molecule has 0 spiro atoms. The maximum absolute atomic E-state index is 4.51. The van der Waals surface area contributed by atoms with Gasteiger partial charge in [0.1, 0.15) is 0 Å². The van der Waals surface area contributed by atoms with Crippen molar-refractivity contribution in [1.29, 1.82) is 0 Å². The minimum Gasteiger partial charge on any atom is -0.378 e. The predicted molar refractivity (Wildman–Crippen MR) is 92.2 cm³/mol. The highest BCUT2D eigenvalue weighted by Crippen LogP contribution is 2.25. The summed E-state index contributed by atoms with van der Waals surface area (Å²) >= 11 is 1.74. The van der Waals surface area contributed by atoms with Crippen LogP contribution in [0.1, 0.15) is 43.9 Å². The van der Waals surface area contributed by atoms with Gasteiger partial charge in [0.05, 0.1) is 16.3 Å². The molecular formula is C18H20N2S. The highest BCUT2D eigenvalue weighted by Gasteiger charge is 2.08. The Hall–Kier alpha value is -1.87. The second-order valence-electron chi connectivity index (χ2n) is 5.72. The van der Waals surface area contributed by atoms with Crippen LogP contribution in [0.25, 0.3) is 10.2 Å². The van der Waals surface area contributed by atoms with Crippen molar-refractivity contribution < 1.29 is 0 Å². The fourth-order valence-electron chi connectivity index (χ4n) is 2.40. The molecule has 0 aliphatic carbocycles. The lowest BCUT2D eigenvalue weighted by Gasteiger charge is -2.16. The number of anilines is 1. The Balaban J connectivity index is 1.77. The Labute approximate surface area is 129 Å². The van der Waals surface area contributed by atoms with Crippen LogP contribution >= 0.6 is 11.3 Å². The predicted octanol–water partition coefficient (Wildman–Crippen LogP) is 5.59. The molecule has 0 saturated heterocycles. The second kappa shape index (κ2) is 5.86. The summed E-state index contributed by atoms with van der Waals surface area (Å²) in [5, 5.41) is 5.63. The molecule has 1 aromatic carbocycles. The zero-order valence-electron chi connectivity index (χ0n) is 12.6. The zero-order chi connectivity index (χ0) is 14.8. The minimum atomic E-state index is 0.244. The average molecular weight is 296 g/mol. The van der Waals surface area contributed by atoms with Crippen LogP contribution in [0.15, 0.2) is 48.0 Å². The first-order valence-corrected chi connectivity index (χ1v) is 8.21. The van der Waals surface area contributed by atoms with Crippen molar-refractivity contribution >= 4 is 27.2 Å². The second-order valence-corrected chi connectivity index (χ2v) is 6.66. The molecule has 0 radical (unpaired) electrons. The van der Waals surface area contributed by atoms with Crippen LogP contribution in [0.3, 0.4) is 0 Å². The lowest BCUT2D eigenvalue weighted by Crippen LogP contribution is -2.06. The zero-order valence-corrected chi connectivity index (χ0v) is 13.4. The van der Waals surface area contributed by atoms with Gasteiger partial charge in [-0.1, -0.05) is 26.0 Å². The molecule has 3 aromatic rings. The van der Waals surface area contributed by atoms with Crippen LogP contribution in [-0.2, 0) is 0 Å². The summed E-state index contributed by atoms with van der Waals surface area (Å²) < 4.78 is 1.25. The summed E-state index contributed by atoms with van der Waals surface area (Å²) in [6.45, 7) is 6.60. The molecule has 0 fully saturated rings. The number of pyridine rings is 1. The Morgan fingerprint density at radius 2 is 1.76 bits per heavy atom. The van der Waals surface area contributed by atoms with Gasteiger partial charge in [0, 0.05) is 11.9 Å². The SMILES string of the molecule is CC(C)c1ccc(NC(C)c2cnc3ccsc3c2)cc1. The number of fused-ring (bicyclic) bond motifs is 1. The van der Waals surface area contributed by atoms with E-state index in [2.05, 4.69) is 72.9 Å². The number of hydrogen-bond donors (Lipinski definition) is 1. The van der Waals surface area contributed by atoms with Crippen molar-refractivity contribution in [2.24, 2.45) is 0 Å². The van der Waals surface area contributed by atoms with Gasteiger partial charge in [-0.05, 0) is 53.6 Å². The molecule has 2 nitrogen and oxygen atoms in total. The topological polar surface area (TPSA) is 24.9 Å². The lowest BCUT2D eigenvalue weighted by molar-refractivity contribution is 0.862. The number of hydrogen-bond acceptors (Lipinski definition) is 3. The largest absolute Gasteiger partial charge is 0.378 e. The number of aromatic nitrogens is 1. The standard InChI is InChI=1S/C18H20N2S/c1-12(2)14-4-6-16(7-5-14)20-13(3)15-10-18-17(19-11-15)8-9-21-18/h4-13,20H,1-3H3. The summed E-state index contributed by atoms with van der Waals surface area (Å²) in [7, 11) is 0. The van der Waals surface area contributed by atoms with E-state index in [4.69, 9.17) is 0 Å². The molecule has 0 aliphatic heterocycles. The average Bonchev–Trinajstić information content (AvgIpc) is 2.95. The van der Waals surface area contributed by atoms with Crippen molar-refractivity contribution in [2.45, 2.75) is 32.7 Å². The Morgan fingerprint density at radius 3 is 2.48 bits per heavy atom. The smallest absolute Gasteiger partial charge is 0.0809 e. The van der Waals surface area contributed by atoms with Gasteiger partial charge in [0.2, 0.25) is 0 Å². The van der Waals surface area contributed by atoms with E-state index in [1.807, 2.05) is 6.20 Å². The van der Waals surface area contributed by atoms with E-state index in [-0.39, 0.29) is 6.04 Å². The van der Waals surface area contributed by atoms with Crippen molar-refractivity contribution in [3.05, 3.63) is 59.1 Å². The molecule has 3 rings (SSSR count). The summed E-state index contributed by atoms with van der Waals surface area (Å²) in [6, 6.07) is 13.2. The van der Waals surface area contributed by atoms with Crippen molar-refractivity contribution in [3.8, 4) is 0 Å². The fourth-order valence-corrected chi connectivity index (χ4v) is 3.19. The van der Waals surface area contributed by atoms with E-state index < -0.39 is 0 Å². The van der Waals surface area contributed by atoms with Gasteiger partial charge in [0.15, 0.2) is 0 Å². The minimum absolute atomic E-state index is 0.244. The molecule has 1 N–H and O–H groups in total. The van der Waals surface area contributed by atoms with E-state index in [1.54, 1.807) is 11.3 Å². The van der Waals surface area contributed by atoms with E-state index in [9.17, 15) is 0 Å². The lowest BCUT2D eigenvalue weighted by atomic mass is 10.0. The quantitative estimate of drug-likeness (QED) is 0.678. The third kappa shape index (κ3) is 3.08. The highest BCUT2D eigenvalue weighted by molar-refractivity contribution is 7.17. The monoisotopic (exact) mass is 296 g/mol. The van der Waals surface area contributed by atoms with Gasteiger partial charge in [0.25, 0.3) is 0 Å². The van der Waals surface area contributed by atoms with Crippen LogP contribution in [0.4, 0.5) is 5.69 Å². The molecular weight excluding hydrogens is 276 g/mol. The first kappa shape index (κ1) is 14.1. The van der Waals surface area contributed by atoms with Gasteiger partial charge >= 0.3 is 0 Å². The molecule has 0 amide bonds. The third-order valence-corrected chi connectivity index (χ3v) is 4.64. The molecule has 1 unspecified atom stereocenters. The van der Waals surface area contributed by atoms with Gasteiger partial charge < -0.3 is 5.32 Å². The van der Waals surface area contributed by atoms with Crippen molar-refractivity contribution in [1.82, 2.24) is 4.98 Å². The molecule has 0 saturated carbocycles. The fraction of sp³-hybridized carbons (Fsp3) is 0.278.